The Labute approximate surface area is 131 Å². The van der Waals surface area contributed by atoms with Crippen LogP contribution in [0.2, 0.25) is 0 Å². The second-order valence-corrected chi connectivity index (χ2v) is 6.97. The number of nitrogens with zero attached hydrogens (tertiary/aromatic N) is 2. The van der Waals surface area contributed by atoms with Crippen LogP contribution in [0.1, 0.15) is 31.2 Å². The fourth-order valence-corrected chi connectivity index (χ4v) is 3.99. The smallest absolute Gasteiger partial charge is 0.237 e. The quantitative estimate of drug-likeness (QED) is 0.799. The molecule has 1 aliphatic heterocycles. The minimum atomic E-state index is 0.328. The predicted molar refractivity (Wildman–Crippen MR) is 87.5 cm³/mol. The van der Waals surface area contributed by atoms with E-state index >= 15 is 0 Å². The molecule has 1 heterocycles. The van der Waals surface area contributed by atoms with Crippen LogP contribution < -0.4 is 0 Å². The van der Waals surface area contributed by atoms with Gasteiger partial charge in [-0.2, -0.15) is 0 Å². The number of hydrogen-bond acceptors (Lipinski definition) is 3. The Hall–Kier alpha value is -1.00. The fraction of sp³-hybridized carbons (Fsp3) is 0.588. The third-order valence-corrected chi connectivity index (χ3v) is 5.37. The van der Waals surface area contributed by atoms with Crippen molar-refractivity contribution in [3.8, 4) is 0 Å². The van der Waals surface area contributed by atoms with Crippen molar-refractivity contribution in [2.24, 2.45) is 0 Å². The van der Waals surface area contributed by atoms with Crippen LogP contribution >= 0.6 is 11.8 Å². The molecule has 1 saturated carbocycles. The zero-order chi connectivity index (χ0) is 14.7. The SMILES string of the molecule is CSc1cccc(CN2CCN(C3CCCC3)C(=O)C2)c1. The summed E-state index contributed by atoms with van der Waals surface area (Å²) in [6.07, 6.45) is 7.10. The van der Waals surface area contributed by atoms with E-state index in [0.717, 1.165) is 19.6 Å². The van der Waals surface area contributed by atoms with Crippen molar-refractivity contribution in [1.29, 1.82) is 0 Å². The summed E-state index contributed by atoms with van der Waals surface area (Å²) in [7, 11) is 0. The van der Waals surface area contributed by atoms with Gasteiger partial charge in [0.25, 0.3) is 0 Å². The summed E-state index contributed by atoms with van der Waals surface area (Å²) in [5.74, 6) is 0.328. The monoisotopic (exact) mass is 304 g/mol. The van der Waals surface area contributed by atoms with Crippen LogP contribution in [0, 0.1) is 0 Å². The average molecular weight is 304 g/mol. The zero-order valence-corrected chi connectivity index (χ0v) is 13.6. The molecule has 21 heavy (non-hydrogen) atoms. The fourth-order valence-electron chi connectivity index (χ4n) is 3.50. The number of piperazine rings is 1. The minimum absolute atomic E-state index is 0.328. The molecule has 0 atom stereocenters. The first-order valence-electron chi connectivity index (χ1n) is 7.91. The zero-order valence-electron chi connectivity index (χ0n) is 12.8. The molecule has 0 aromatic heterocycles. The summed E-state index contributed by atoms with van der Waals surface area (Å²) < 4.78 is 0. The first-order valence-corrected chi connectivity index (χ1v) is 9.13. The predicted octanol–water partition coefficient (Wildman–Crippen LogP) is 3.00. The van der Waals surface area contributed by atoms with Crippen LogP contribution in [0.15, 0.2) is 29.2 Å². The largest absolute Gasteiger partial charge is 0.337 e. The van der Waals surface area contributed by atoms with E-state index in [4.69, 9.17) is 0 Å². The molecule has 1 aromatic carbocycles. The summed E-state index contributed by atoms with van der Waals surface area (Å²) in [4.78, 5) is 18.1. The van der Waals surface area contributed by atoms with Gasteiger partial charge in [0.15, 0.2) is 0 Å². The van der Waals surface area contributed by atoms with Gasteiger partial charge in [-0.15, -0.1) is 11.8 Å². The maximum atomic E-state index is 12.4. The van der Waals surface area contributed by atoms with E-state index in [1.54, 1.807) is 11.8 Å². The van der Waals surface area contributed by atoms with Crippen molar-refractivity contribution in [3.05, 3.63) is 29.8 Å². The molecule has 0 N–H and O–H groups in total. The molecule has 1 aliphatic carbocycles. The molecule has 3 nitrogen and oxygen atoms in total. The van der Waals surface area contributed by atoms with Crippen molar-refractivity contribution in [3.63, 3.8) is 0 Å². The van der Waals surface area contributed by atoms with Gasteiger partial charge in [-0.05, 0) is 36.8 Å². The molecular formula is C17H24N2OS. The highest BCUT2D eigenvalue weighted by atomic mass is 32.2. The highest BCUT2D eigenvalue weighted by molar-refractivity contribution is 7.98. The molecule has 0 bridgehead atoms. The van der Waals surface area contributed by atoms with Gasteiger partial charge in [-0.25, -0.2) is 0 Å². The van der Waals surface area contributed by atoms with Crippen molar-refractivity contribution in [2.75, 3.05) is 25.9 Å². The third kappa shape index (κ3) is 3.61. The standard InChI is InChI=1S/C17H24N2OS/c1-21-16-8-4-5-14(11-16)12-18-9-10-19(17(20)13-18)15-6-2-3-7-15/h4-5,8,11,15H,2-3,6-7,9-10,12-13H2,1H3. The number of hydrogen-bond donors (Lipinski definition) is 0. The lowest BCUT2D eigenvalue weighted by Gasteiger charge is -2.37. The normalized spacial score (nSPS) is 21.2. The molecule has 0 unspecified atom stereocenters. The van der Waals surface area contributed by atoms with Gasteiger partial charge >= 0.3 is 0 Å². The van der Waals surface area contributed by atoms with Crippen molar-refractivity contribution < 1.29 is 4.79 Å². The van der Waals surface area contributed by atoms with Gasteiger partial charge in [-0.3, -0.25) is 9.69 Å². The third-order valence-electron chi connectivity index (χ3n) is 4.64. The van der Waals surface area contributed by atoms with E-state index in [-0.39, 0.29) is 0 Å². The number of amides is 1. The summed E-state index contributed by atoms with van der Waals surface area (Å²) in [6.45, 7) is 3.39. The number of carbonyl (C=O) groups is 1. The van der Waals surface area contributed by atoms with Crippen molar-refractivity contribution in [2.45, 2.75) is 43.2 Å². The molecule has 0 spiro atoms. The summed E-state index contributed by atoms with van der Waals surface area (Å²) >= 11 is 1.77. The molecule has 4 heteroatoms. The molecule has 114 valence electrons. The lowest BCUT2D eigenvalue weighted by Crippen LogP contribution is -2.53. The number of carbonyl (C=O) groups excluding carboxylic acids is 1. The number of benzene rings is 1. The maximum Gasteiger partial charge on any atom is 0.237 e. The van der Waals surface area contributed by atoms with Gasteiger partial charge in [0.05, 0.1) is 6.54 Å². The molecular weight excluding hydrogens is 280 g/mol. The summed E-state index contributed by atoms with van der Waals surface area (Å²) in [5, 5.41) is 0. The Morgan fingerprint density at radius 3 is 2.76 bits per heavy atom. The van der Waals surface area contributed by atoms with Crippen LogP contribution in [-0.2, 0) is 11.3 Å². The molecule has 3 rings (SSSR count). The van der Waals surface area contributed by atoms with Crippen LogP contribution in [0.25, 0.3) is 0 Å². The van der Waals surface area contributed by atoms with Gasteiger partial charge < -0.3 is 4.90 Å². The molecule has 1 saturated heterocycles. The van der Waals surface area contributed by atoms with Gasteiger partial charge in [0.1, 0.15) is 0 Å². The Morgan fingerprint density at radius 1 is 1.24 bits per heavy atom. The molecule has 2 aliphatic rings. The lowest BCUT2D eigenvalue weighted by atomic mass is 10.1. The van der Waals surface area contributed by atoms with Gasteiger partial charge in [0.2, 0.25) is 5.91 Å². The van der Waals surface area contributed by atoms with Crippen LogP contribution in [0.4, 0.5) is 0 Å². The van der Waals surface area contributed by atoms with E-state index < -0.39 is 0 Å². The van der Waals surface area contributed by atoms with E-state index in [9.17, 15) is 4.79 Å². The lowest BCUT2D eigenvalue weighted by molar-refractivity contribution is -0.138. The Kier molecular flexibility index (Phi) is 4.86. The van der Waals surface area contributed by atoms with Gasteiger partial charge in [-0.1, -0.05) is 25.0 Å². The van der Waals surface area contributed by atoms with Crippen LogP contribution in [0.5, 0.6) is 0 Å². The van der Waals surface area contributed by atoms with E-state index in [1.165, 1.54) is 36.1 Å². The molecule has 2 fully saturated rings. The second-order valence-electron chi connectivity index (χ2n) is 6.09. The summed E-state index contributed by atoms with van der Waals surface area (Å²) in [5.41, 5.74) is 1.31. The molecule has 1 amide bonds. The molecule has 0 radical (unpaired) electrons. The first-order chi connectivity index (χ1) is 10.3. The van der Waals surface area contributed by atoms with E-state index in [0.29, 0.717) is 18.5 Å². The number of thioether (sulfide) groups is 1. The van der Waals surface area contributed by atoms with Crippen LogP contribution in [0.3, 0.4) is 0 Å². The van der Waals surface area contributed by atoms with Crippen LogP contribution in [-0.4, -0.2) is 47.6 Å². The van der Waals surface area contributed by atoms with E-state index in [2.05, 4.69) is 40.3 Å². The van der Waals surface area contributed by atoms with Crippen molar-refractivity contribution >= 4 is 17.7 Å². The number of rotatable bonds is 4. The topological polar surface area (TPSA) is 23.6 Å². The second kappa shape index (κ2) is 6.84. The Morgan fingerprint density at radius 2 is 2.05 bits per heavy atom. The highest BCUT2D eigenvalue weighted by Crippen LogP contribution is 2.25. The Bertz CT molecular complexity index is 499. The molecule has 1 aromatic rings. The maximum absolute atomic E-state index is 12.4. The summed E-state index contributed by atoms with van der Waals surface area (Å²) in [6, 6.07) is 9.17. The first kappa shape index (κ1) is 14.9. The highest BCUT2D eigenvalue weighted by Gasteiger charge is 2.30. The average Bonchev–Trinajstić information content (AvgIpc) is 3.01. The minimum Gasteiger partial charge on any atom is -0.337 e. The van der Waals surface area contributed by atoms with Crippen molar-refractivity contribution in [1.82, 2.24) is 9.80 Å². The Balaban J connectivity index is 1.57. The van der Waals surface area contributed by atoms with Gasteiger partial charge in [0, 0.05) is 30.6 Å². The van der Waals surface area contributed by atoms with E-state index in [1.807, 2.05) is 0 Å².